The fraction of sp³-hybridized carbons (Fsp3) is 0.583. The molecule has 0 unspecified atom stereocenters. The van der Waals surface area contributed by atoms with Gasteiger partial charge in [-0.05, 0) is 19.9 Å². The average molecular weight is 222 g/mol. The maximum atomic E-state index is 9.28. The van der Waals surface area contributed by atoms with Crippen molar-refractivity contribution in [3.05, 3.63) is 24.0 Å². The molecule has 2 heterocycles. The summed E-state index contributed by atoms with van der Waals surface area (Å²) in [4.78, 5) is 6.29. The van der Waals surface area contributed by atoms with Crippen LogP contribution in [0, 0.1) is 0 Å². The second kappa shape index (κ2) is 4.80. The summed E-state index contributed by atoms with van der Waals surface area (Å²) in [5, 5.41) is 9.28. The molecule has 4 heteroatoms. The Labute approximate surface area is 95.9 Å². The van der Waals surface area contributed by atoms with Gasteiger partial charge in [0.15, 0.2) is 0 Å². The lowest BCUT2D eigenvalue weighted by Crippen LogP contribution is -2.45. The number of aliphatic hydroxyl groups excluding tert-OH is 1. The zero-order valence-corrected chi connectivity index (χ0v) is 9.76. The van der Waals surface area contributed by atoms with E-state index in [9.17, 15) is 5.11 Å². The van der Waals surface area contributed by atoms with Gasteiger partial charge in [0, 0.05) is 36.7 Å². The molecule has 1 saturated heterocycles. The molecule has 88 valence electrons. The normalized spacial score (nSPS) is 25.8. The van der Waals surface area contributed by atoms with E-state index in [0.29, 0.717) is 0 Å². The molecule has 2 rings (SSSR count). The predicted molar refractivity (Wildman–Crippen MR) is 62.4 cm³/mol. The second-order valence-corrected chi connectivity index (χ2v) is 4.32. The monoisotopic (exact) mass is 222 g/mol. The van der Waals surface area contributed by atoms with Crippen LogP contribution < -0.4 is 4.90 Å². The van der Waals surface area contributed by atoms with E-state index >= 15 is 0 Å². The van der Waals surface area contributed by atoms with Gasteiger partial charge < -0.3 is 14.7 Å². The van der Waals surface area contributed by atoms with Crippen LogP contribution in [0.5, 0.6) is 0 Å². The summed E-state index contributed by atoms with van der Waals surface area (Å²) in [6.45, 7) is 5.90. The van der Waals surface area contributed by atoms with Crippen molar-refractivity contribution in [2.45, 2.75) is 32.7 Å². The van der Waals surface area contributed by atoms with Gasteiger partial charge in [0.1, 0.15) is 0 Å². The Morgan fingerprint density at radius 1 is 1.44 bits per heavy atom. The highest BCUT2D eigenvalue weighted by Gasteiger charge is 2.23. The molecule has 1 fully saturated rings. The fourth-order valence-electron chi connectivity index (χ4n) is 2.22. The Balaban J connectivity index is 2.22. The summed E-state index contributed by atoms with van der Waals surface area (Å²) < 4.78 is 5.69. The zero-order chi connectivity index (χ0) is 11.5. The molecule has 1 aliphatic rings. The van der Waals surface area contributed by atoms with E-state index < -0.39 is 0 Å². The summed E-state index contributed by atoms with van der Waals surface area (Å²) >= 11 is 0. The largest absolute Gasteiger partial charge is 0.392 e. The number of aromatic nitrogens is 1. The van der Waals surface area contributed by atoms with Gasteiger partial charge in [0.25, 0.3) is 0 Å². The fourth-order valence-corrected chi connectivity index (χ4v) is 2.22. The Morgan fingerprint density at radius 3 is 2.75 bits per heavy atom. The highest BCUT2D eigenvalue weighted by atomic mass is 16.5. The number of anilines is 1. The van der Waals surface area contributed by atoms with E-state index in [4.69, 9.17) is 4.74 Å². The number of hydrogen-bond acceptors (Lipinski definition) is 4. The minimum atomic E-state index is 0.0310. The molecule has 0 amide bonds. The molecule has 4 nitrogen and oxygen atoms in total. The van der Waals surface area contributed by atoms with Crippen molar-refractivity contribution in [2.24, 2.45) is 0 Å². The number of ether oxygens (including phenoxy) is 1. The number of morpholine rings is 1. The van der Waals surface area contributed by atoms with Crippen molar-refractivity contribution in [1.29, 1.82) is 0 Å². The molecule has 0 radical (unpaired) electrons. The summed E-state index contributed by atoms with van der Waals surface area (Å²) in [7, 11) is 0. The maximum absolute atomic E-state index is 9.28. The zero-order valence-electron chi connectivity index (χ0n) is 9.76. The third-order valence-corrected chi connectivity index (χ3v) is 2.81. The van der Waals surface area contributed by atoms with Crippen molar-refractivity contribution in [1.82, 2.24) is 4.98 Å². The quantitative estimate of drug-likeness (QED) is 0.816. The summed E-state index contributed by atoms with van der Waals surface area (Å²) in [6.07, 6.45) is 3.94. The summed E-state index contributed by atoms with van der Waals surface area (Å²) in [5.41, 5.74) is 1.95. The Hall–Kier alpha value is -1.13. The van der Waals surface area contributed by atoms with Gasteiger partial charge >= 0.3 is 0 Å². The van der Waals surface area contributed by atoms with Crippen LogP contribution in [-0.2, 0) is 11.3 Å². The minimum absolute atomic E-state index is 0.0310. The van der Waals surface area contributed by atoms with E-state index in [-0.39, 0.29) is 18.8 Å². The molecule has 2 atom stereocenters. The third kappa shape index (κ3) is 2.33. The molecule has 0 bridgehead atoms. The highest BCUT2D eigenvalue weighted by Crippen LogP contribution is 2.23. The van der Waals surface area contributed by atoms with Crippen molar-refractivity contribution < 1.29 is 9.84 Å². The van der Waals surface area contributed by atoms with E-state index in [0.717, 1.165) is 24.3 Å². The minimum Gasteiger partial charge on any atom is -0.392 e. The van der Waals surface area contributed by atoms with Crippen molar-refractivity contribution >= 4 is 5.69 Å². The van der Waals surface area contributed by atoms with Crippen LogP contribution in [0.4, 0.5) is 5.69 Å². The van der Waals surface area contributed by atoms with Crippen LogP contribution in [0.25, 0.3) is 0 Å². The number of nitrogens with zero attached hydrogens (tertiary/aromatic N) is 2. The Kier molecular flexibility index (Phi) is 3.41. The molecular formula is C12H18N2O2. The molecule has 1 aromatic heterocycles. The van der Waals surface area contributed by atoms with Gasteiger partial charge in [0.05, 0.1) is 18.8 Å². The molecule has 1 N–H and O–H groups in total. The first-order valence-corrected chi connectivity index (χ1v) is 5.65. The van der Waals surface area contributed by atoms with E-state index in [1.807, 2.05) is 6.07 Å². The first-order valence-electron chi connectivity index (χ1n) is 5.65. The van der Waals surface area contributed by atoms with Gasteiger partial charge in [-0.15, -0.1) is 0 Å². The van der Waals surface area contributed by atoms with Crippen molar-refractivity contribution in [3.63, 3.8) is 0 Å². The van der Waals surface area contributed by atoms with Crippen LogP contribution in [-0.4, -0.2) is 35.4 Å². The highest BCUT2D eigenvalue weighted by molar-refractivity contribution is 5.52. The second-order valence-electron chi connectivity index (χ2n) is 4.32. The summed E-state index contributed by atoms with van der Waals surface area (Å²) in [6, 6.07) is 1.95. The van der Waals surface area contributed by atoms with Gasteiger partial charge in [0.2, 0.25) is 0 Å². The molecule has 1 aromatic rings. The topological polar surface area (TPSA) is 45.6 Å². The van der Waals surface area contributed by atoms with E-state index in [1.54, 1.807) is 12.4 Å². The van der Waals surface area contributed by atoms with E-state index in [1.165, 1.54) is 0 Å². The van der Waals surface area contributed by atoms with Crippen LogP contribution in [0.2, 0.25) is 0 Å². The molecule has 16 heavy (non-hydrogen) atoms. The first-order chi connectivity index (χ1) is 7.70. The lowest BCUT2D eigenvalue weighted by atomic mass is 10.1. The average Bonchev–Trinajstić information content (AvgIpc) is 2.27. The molecule has 0 spiro atoms. The standard InChI is InChI=1S/C12H18N2O2/c1-9-6-14(7-10(2)16-9)12-3-4-13-5-11(12)8-15/h3-5,9-10,15H,6-8H2,1-2H3/t9-,10+. The van der Waals surface area contributed by atoms with Gasteiger partial charge in [-0.1, -0.05) is 0 Å². The number of hydrogen-bond donors (Lipinski definition) is 1. The van der Waals surface area contributed by atoms with Gasteiger partial charge in [-0.25, -0.2) is 0 Å². The van der Waals surface area contributed by atoms with Crippen LogP contribution >= 0.6 is 0 Å². The molecule has 0 saturated carbocycles. The van der Waals surface area contributed by atoms with Crippen LogP contribution in [0.15, 0.2) is 18.5 Å². The first kappa shape index (κ1) is 11.4. The Morgan fingerprint density at radius 2 is 2.12 bits per heavy atom. The molecular weight excluding hydrogens is 204 g/mol. The van der Waals surface area contributed by atoms with Gasteiger partial charge in [-0.3, -0.25) is 4.98 Å². The van der Waals surface area contributed by atoms with E-state index in [2.05, 4.69) is 23.7 Å². The number of rotatable bonds is 2. The van der Waals surface area contributed by atoms with Crippen LogP contribution in [0.3, 0.4) is 0 Å². The lowest BCUT2D eigenvalue weighted by molar-refractivity contribution is -0.00532. The molecule has 0 aromatic carbocycles. The maximum Gasteiger partial charge on any atom is 0.0726 e. The molecule has 0 aliphatic carbocycles. The number of pyridine rings is 1. The van der Waals surface area contributed by atoms with Crippen molar-refractivity contribution in [3.8, 4) is 0 Å². The van der Waals surface area contributed by atoms with Crippen molar-refractivity contribution in [2.75, 3.05) is 18.0 Å². The third-order valence-electron chi connectivity index (χ3n) is 2.81. The van der Waals surface area contributed by atoms with Gasteiger partial charge in [-0.2, -0.15) is 0 Å². The lowest BCUT2D eigenvalue weighted by Gasteiger charge is -2.37. The smallest absolute Gasteiger partial charge is 0.0726 e. The van der Waals surface area contributed by atoms with Crippen LogP contribution in [0.1, 0.15) is 19.4 Å². The molecule has 1 aliphatic heterocycles. The predicted octanol–water partition coefficient (Wildman–Crippen LogP) is 1.19. The summed E-state index contributed by atoms with van der Waals surface area (Å²) in [5.74, 6) is 0. The Bertz CT molecular complexity index is 347. The number of aliphatic hydroxyl groups is 1. The SMILES string of the molecule is C[C@@H]1CN(c2ccncc2CO)C[C@H](C)O1.